The van der Waals surface area contributed by atoms with E-state index in [-0.39, 0.29) is 43.8 Å². The van der Waals surface area contributed by atoms with E-state index in [1.807, 2.05) is 18.2 Å². The van der Waals surface area contributed by atoms with Gasteiger partial charge in [-0.2, -0.15) is 0 Å². The number of benzene rings is 4. The summed E-state index contributed by atoms with van der Waals surface area (Å²) in [5.41, 5.74) is 0.218. The Hall–Kier alpha value is -4.01. The number of aromatic hydroxyl groups is 4. The van der Waals surface area contributed by atoms with Crippen LogP contribution < -0.4 is 5.43 Å². The van der Waals surface area contributed by atoms with Crippen LogP contribution in [0.3, 0.4) is 0 Å². The summed E-state index contributed by atoms with van der Waals surface area (Å²) >= 11 is 2.09. The summed E-state index contributed by atoms with van der Waals surface area (Å²) in [4.78, 5) is 14.6. The molecule has 174 valence electrons. The first-order valence-corrected chi connectivity index (χ1v) is 12.1. The molecule has 0 aliphatic carbocycles. The van der Waals surface area contributed by atoms with Crippen LogP contribution in [0.5, 0.6) is 23.0 Å². The normalized spacial score (nSPS) is 11.1. The molecule has 5 rings (SSSR count). The Bertz CT molecular complexity index is 1610. The van der Waals surface area contributed by atoms with Crippen LogP contribution in [0.1, 0.15) is 0 Å². The molecule has 0 aliphatic heterocycles. The minimum absolute atomic E-state index is 0.0242. The van der Waals surface area contributed by atoms with Gasteiger partial charge in [-0.3, -0.25) is 4.79 Å². The summed E-state index contributed by atoms with van der Waals surface area (Å²) in [6.07, 6.45) is 0. The van der Waals surface area contributed by atoms with Crippen molar-refractivity contribution in [3.8, 4) is 34.3 Å². The molecular weight excluding hydrogens is 484 g/mol. The fourth-order valence-corrected chi connectivity index (χ4v) is 5.60. The van der Waals surface area contributed by atoms with E-state index in [0.717, 1.165) is 23.5 Å². The lowest BCUT2D eigenvalue weighted by atomic mass is 10.1. The summed E-state index contributed by atoms with van der Waals surface area (Å²) in [7, 11) is 0. The van der Waals surface area contributed by atoms with E-state index < -0.39 is 11.2 Å². The molecule has 8 heteroatoms. The molecule has 0 spiro atoms. The third-order valence-corrected chi connectivity index (χ3v) is 7.32. The molecule has 4 aromatic carbocycles. The van der Waals surface area contributed by atoms with Crippen LogP contribution in [-0.4, -0.2) is 20.4 Å². The van der Waals surface area contributed by atoms with Crippen LogP contribution >= 0.6 is 23.5 Å². The highest BCUT2D eigenvalue weighted by atomic mass is 32.2. The molecule has 6 nitrogen and oxygen atoms in total. The van der Waals surface area contributed by atoms with E-state index in [2.05, 4.69) is 0 Å². The van der Waals surface area contributed by atoms with E-state index >= 15 is 0 Å². The van der Waals surface area contributed by atoms with Gasteiger partial charge in [0.1, 0.15) is 28.4 Å². The zero-order chi connectivity index (χ0) is 24.5. The Morgan fingerprint density at radius 2 is 1.23 bits per heavy atom. The first-order chi connectivity index (χ1) is 16.9. The molecule has 0 fully saturated rings. The third kappa shape index (κ3) is 4.53. The van der Waals surface area contributed by atoms with E-state index in [9.17, 15) is 25.2 Å². The van der Waals surface area contributed by atoms with Gasteiger partial charge in [0.2, 0.25) is 0 Å². The van der Waals surface area contributed by atoms with Gasteiger partial charge < -0.3 is 24.8 Å². The zero-order valence-corrected chi connectivity index (χ0v) is 19.6. The van der Waals surface area contributed by atoms with Crippen molar-refractivity contribution >= 4 is 34.5 Å². The van der Waals surface area contributed by atoms with Gasteiger partial charge in [0.05, 0.1) is 9.79 Å². The second-order valence-corrected chi connectivity index (χ2v) is 9.77. The van der Waals surface area contributed by atoms with Crippen molar-refractivity contribution in [3.63, 3.8) is 0 Å². The molecule has 5 aromatic rings. The van der Waals surface area contributed by atoms with E-state index in [1.165, 1.54) is 30.3 Å². The molecule has 0 atom stereocenters. The Kier molecular flexibility index (Phi) is 6.07. The highest BCUT2D eigenvalue weighted by Gasteiger charge is 2.25. The lowest BCUT2D eigenvalue weighted by molar-refractivity contribution is 0.420. The first-order valence-electron chi connectivity index (χ1n) is 10.5. The molecular formula is C27H18O6S2. The second kappa shape index (κ2) is 9.32. The van der Waals surface area contributed by atoms with Gasteiger partial charge in [0, 0.05) is 21.4 Å². The predicted molar refractivity (Wildman–Crippen MR) is 136 cm³/mol. The average Bonchev–Trinajstić information content (AvgIpc) is 2.84. The first kappa shape index (κ1) is 22.8. The van der Waals surface area contributed by atoms with Gasteiger partial charge >= 0.3 is 0 Å². The molecule has 0 bridgehead atoms. The minimum Gasteiger partial charge on any atom is -0.508 e. The molecule has 0 saturated heterocycles. The number of hydrogen-bond acceptors (Lipinski definition) is 8. The fourth-order valence-electron chi connectivity index (χ4n) is 3.58. The smallest absolute Gasteiger partial charge is 0.197 e. The second-order valence-electron chi connectivity index (χ2n) is 7.60. The SMILES string of the molecule is O=c1cc(-c2ccccc2)oc2c(Sc3cccc(O)c3)c(O)c(Sc3cccc(O)c3)c(O)c12. The lowest BCUT2D eigenvalue weighted by Crippen LogP contribution is -2.03. The quantitative estimate of drug-likeness (QED) is 0.213. The highest BCUT2D eigenvalue weighted by Crippen LogP contribution is 2.52. The van der Waals surface area contributed by atoms with Crippen LogP contribution in [0.25, 0.3) is 22.3 Å². The Balaban J connectivity index is 1.77. The Labute approximate surface area is 208 Å². The van der Waals surface area contributed by atoms with Crippen molar-refractivity contribution in [3.05, 3.63) is 95.2 Å². The summed E-state index contributed by atoms with van der Waals surface area (Å²) in [6, 6.07) is 23.1. The standard InChI is InChI=1S/C27H18O6S2/c28-16-8-4-10-18(12-16)34-26-23(31)22-20(30)14-21(15-6-2-1-3-7-15)33-25(22)27(24(26)32)35-19-11-5-9-17(29)13-19/h1-14,28-29,31-32H. The van der Waals surface area contributed by atoms with Crippen molar-refractivity contribution in [2.75, 3.05) is 0 Å². The lowest BCUT2D eigenvalue weighted by Gasteiger charge is -2.15. The van der Waals surface area contributed by atoms with Crippen LogP contribution in [-0.2, 0) is 0 Å². The number of phenolic OH excluding ortho intramolecular Hbond substituents is 4. The van der Waals surface area contributed by atoms with E-state index in [1.54, 1.807) is 36.4 Å². The van der Waals surface area contributed by atoms with Crippen molar-refractivity contribution < 1.29 is 24.8 Å². The molecule has 1 aromatic heterocycles. The van der Waals surface area contributed by atoms with Gasteiger partial charge in [0.15, 0.2) is 16.8 Å². The van der Waals surface area contributed by atoms with Crippen LogP contribution in [0.4, 0.5) is 0 Å². The number of phenols is 4. The molecule has 0 radical (unpaired) electrons. The van der Waals surface area contributed by atoms with Crippen LogP contribution in [0.15, 0.2) is 114 Å². The minimum atomic E-state index is -0.474. The Morgan fingerprint density at radius 3 is 1.83 bits per heavy atom. The predicted octanol–water partition coefficient (Wildman–Crippen LogP) is 6.58. The fraction of sp³-hybridized carbons (Fsp3) is 0. The van der Waals surface area contributed by atoms with Crippen molar-refractivity contribution in [1.82, 2.24) is 0 Å². The van der Waals surface area contributed by atoms with Crippen LogP contribution in [0.2, 0.25) is 0 Å². The average molecular weight is 503 g/mol. The monoisotopic (exact) mass is 502 g/mol. The van der Waals surface area contributed by atoms with Gasteiger partial charge in [-0.25, -0.2) is 0 Å². The Morgan fingerprint density at radius 1 is 0.629 bits per heavy atom. The molecule has 0 aliphatic rings. The van der Waals surface area contributed by atoms with Gasteiger partial charge in [-0.05, 0) is 36.4 Å². The van der Waals surface area contributed by atoms with Crippen molar-refractivity contribution in [1.29, 1.82) is 0 Å². The maximum absolute atomic E-state index is 13.2. The van der Waals surface area contributed by atoms with E-state index in [4.69, 9.17) is 4.42 Å². The van der Waals surface area contributed by atoms with Gasteiger partial charge in [-0.15, -0.1) is 0 Å². The molecule has 0 amide bonds. The maximum Gasteiger partial charge on any atom is 0.197 e. The largest absolute Gasteiger partial charge is 0.508 e. The van der Waals surface area contributed by atoms with Crippen molar-refractivity contribution in [2.45, 2.75) is 19.6 Å². The summed E-state index contributed by atoms with van der Waals surface area (Å²) in [5.74, 6) is -0.355. The van der Waals surface area contributed by atoms with Gasteiger partial charge in [0.25, 0.3) is 0 Å². The third-order valence-electron chi connectivity index (χ3n) is 5.17. The number of rotatable bonds is 5. The molecule has 0 unspecified atom stereocenters. The summed E-state index contributed by atoms with van der Waals surface area (Å²) in [6.45, 7) is 0. The number of fused-ring (bicyclic) bond motifs is 1. The topological polar surface area (TPSA) is 111 Å². The van der Waals surface area contributed by atoms with Crippen molar-refractivity contribution in [2.24, 2.45) is 0 Å². The zero-order valence-electron chi connectivity index (χ0n) is 18.0. The van der Waals surface area contributed by atoms with Crippen LogP contribution in [0, 0.1) is 0 Å². The summed E-state index contributed by atoms with van der Waals surface area (Å²) in [5, 5.41) is 42.0. The highest BCUT2D eigenvalue weighted by molar-refractivity contribution is 8.00. The molecule has 0 saturated carbocycles. The maximum atomic E-state index is 13.2. The molecule has 4 N–H and O–H groups in total. The molecule has 35 heavy (non-hydrogen) atoms. The summed E-state index contributed by atoms with van der Waals surface area (Å²) < 4.78 is 6.10. The van der Waals surface area contributed by atoms with E-state index in [0.29, 0.717) is 15.4 Å². The molecule has 1 heterocycles. The number of hydrogen-bond donors (Lipinski definition) is 4. The van der Waals surface area contributed by atoms with Gasteiger partial charge in [-0.1, -0.05) is 66.0 Å².